The van der Waals surface area contributed by atoms with Gasteiger partial charge in [-0.1, -0.05) is 29.8 Å². The van der Waals surface area contributed by atoms with Crippen LogP contribution in [0.15, 0.2) is 24.3 Å². The van der Waals surface area contributed by atoms with Crippen LogP contribution in [0.4, 0.5) is 0 Å². The molecule has 0 N–H and O–H groups in total. The van der Waals surface area contributed by atoms with Crippen molar-refractivity contribution < 1.29 is 8.42 Å². The number of nitrogens with zero attached hydrogens (tertiary/aromatic N) is 1. The second-order valence-electron chi connectivity index (χ2n) is 5.17. The number of hydrogen-bond acceptors (Lipinski definition) is 4. The largest absolute Gasteiger partial charge is 0.294 e. The van der Waals surface area contributed by atoms with Gasteiger partial charge in [0, 0.05) is 36.9 Å². The Morgan fingerprint density at radius 2 is 2.00 bits per heavy atom. The van der Waals surface area contributed by atoms with E-state index in [1.165, 1.54) is 17.4 Å². The second kappa shape index (κ2) is 6.29. The van der Waals surface area contributed by atoms with Crippen molar-refractivity contribution in [3.8, 4) is 0 Å². The summed E-state index contributed by atoms with van der Waals surface area (Å²) >= 11 is 1.95. The minimum absolute atomic E-state index is 0.250. The van der Waals surface area contributed by atoms with Crippen molar-refractivity contribution in [1.82, 2.24) is 4.90 Å². The van der Waals surface area contributed by atoms with Gasteiger partial charge in [0.05, 0.1) is 5.75 Å². The van der Waals surface area contributed by atoms with Crippen LogP contribution in [0.25, 0.3) is 0 Å². The van der Waals surface area contributed by atoms with Gasteiger partial charge in [0.25, 0.3) is 0 Å². The van der Waals surface area contributed by atoms with Crippen LogP contribution in [0.3, 0.4) is 0 Å². The van der Waals surface area contributed by atoms with Gasteiger partial charge in [-0.15, -0.1) is 0 Å². The van der Waals surface area contributed by atoms with Gasteiger partial charge in [-0.3, -0.25) is 4.90 Å². The maximum Gasteiger partial charge on any atom is 0.148 e. The van der Waals surface area contributed by atoms with E-state index >= 15 is 0 Å². The van der Waals surface area contributed by atoms with Gasteiger partial charge in [-0.25, -0.2) is 8.42 Å². The Balaban J connectivity index is 2.09. The van der Waals surface area contributed by atoms with Crippen LogP contribution in [-0.4, -0.2) is 49.9 Å². The molecule has 1 aromatic carbocycles. The van der Waals surface area contributed by atoms with Crippen LogP contribution in [0.5, 0.6) is 0 Å². The monoisotopic (exact) mass is 299 g/mol. The predicted octanol–water partition coefficient (Wildman–Crippen LogP) is 2.13. The van der Waals surface area contributed by atoms with Crippen LogP contribution < -0.4 is 0 Å². The zero-order chi connectivity index (χ0) is 13.9. The number of aryl methyl sites for hydroxylation is 1. The van der Waals surface area contributed by atoms with E-state index in [1.807, 2.05) is 11.8 Å². The van der Waals surface area contributed by atoms with Gasteiger partial charge < -0.3 is 0 Å². The molecule has 0 unspecified atom stereocenters. The summed E-state index contributed by atoms with van der Waals surface area (Å²) in [6.07, 6.45) is 1.31. The minimum Gasteiger partial charge on any atom is -0.294 e. The molecule has 1 aromatic rings. The fraction of sp³-hybridized carbons (Fsp3) is 0.571. The van der Waals surface area contributed by atoms with Gasteiger partial charge in [0.2, 0.25) is 0 Å². The van der Waals surface area contributed by atoms with Crippen molar-refractivity contribution in [2.45, 2.75) is 13.0 Å². The van der Waals surface area contributed by atoms with Gasteiger partial charge in [0.15, 0.2) is 0 Å². The number of benzene rings is 1. The predicted molar refractivity (Wildman–Crippen MR) is 82.5 cm³/mol. The molecular weight excluding hydrogens is 278 g/mol. The Hall–Kier alpha value is -0.520. The highest BCUT2D eigenvalue weighted by Gasteiger charge is 2.24. The molecule has 1 heterocycles. The van der Waals surface area contributed by atoms with E-state index in [0.717, 1.165) is 18.1 Å². The summed E-state index contributed by atoms with van der Waals surface area (Å²) in [7, 11) is -2.88. The lowest BCUT2D eigenvalue weighted by Crippen LogP contribution is -2.39. The molecule has 1 fully saturated rings. The number of thioether (sulfide) groups is 1. The van der Waals surface area contributed by atoms with Crippen LogP contribution in [0.1, 0.15) is 17.2 Å². The number of hydrogen-bond donors (Lipinski definition) is 0. The zero-order valence-corrected chi connectivity index (χ0v) is 13.1. The summed E-state index contributed by atoms with van der Waals surface area (Å²) in [6, 6.07) is 8.94. The van der Waals surface area contributed by atoms with Crippen molar-refractivity contribution >= 4 is 21.6 Å². The molecule has 5 heteroatoms. The van der Waals surface area contributed by atoms with Gasteiger partial charge in [-0.05, 0) is 12.5 Å². The Labute approximate surface area is 120 Å². The van der Waals surface area contributed by atoms with E-state index in [4.69, 9.17) is 0 Å². The number of rotatable bonds is 4. The van der Waals surface area contributed by atoms with E-state index in [2.05, 4.69) is 36.1 Å². The molecule has 0 spiro atoms. The Bertz CT molecular complexity index is 511. The van der Waals surface area contributed by atoms with Crippen LogP contribution >= 0.6 is 11.8 Å². The summed E-state index contributed by atoms with van der Waals surface area (Å²) in [4.78, 5) is 2.31. The summed E-state index contributed by atoms with van der Waals surface area (Å²) < 4.78 is 22.7. The molecule has 1 saturated heterocycles. The normalized spacial score (nSPS) is 21.5. The highest BCUT2D eigenvalue weighted by atomic mass is 32.2. The van der Waals surface area contributed by atoms with Gasteiger partial charge in [0.1, 0.15) is 9.84 Å². The first kappa shape index (κ1) is 14.9. The first-order valence-corrected chi connectivity index (χ1v) is 9.73. The Morgan fingerprint density at radius 3 is 2.63 bits per heavy atom. The van der Waals surface area contributed by atoms with Crippen LogP contribution in [-0.2, 0) is 9.84 Å². The van der Waals surface area contributed by atoms with Gasteiger partial charge in [-0.2, -0.15) is 11.8 Å². The molecule has 1 atom stereocenters. The molecule has 19 heavy (non-hydrogen) atoms. The highest BCUT2D eigenvalue weighted by Crippen LogP contribution is 2.29. The molecule has 3 nitrogen and oxygen atoms in total. The zero-order valence-electron chi connectivity index (χ0n) is 11.5. The standard InChI is InChI=1S/C14H21NO2S2/c1-12-3-5-13(6-4-12)14-11-18-9-7-15(14)8-10-19(2,16)17/h3-6,14H,7-11H2,1-2H3/t14-/m1/s1. The first-order valence-electron chi connectivity index (χ1n) is 6.52. The maximum absolute atomic E-state index is 11.3. The van der Waals surface area contributed by atoms with E-state index < -0.39 is 9.84 Å². The summed E-state index contributed by atoms with van der Waals surface area (Å²) in [5, 5.41) is 0. The van der Waals surface area contributed by atoms with Crippen LogP contribution in [0.2, 0.25) is 0 Å². The van der Waals surface area contributed by atoms with Gasteiger partial charge >= 0.3 is 0 Å². The smallest absolute Gasteiger partial charge is 0.148 e. The average molecular weight is 299 g/mol. The fourth-order valence-corrected chi connectivity index (χ4v) is 4.01. The molecule has 0 radical (unpaired) electrons. The molecule has 0 amide bonds. The van der Waals surface area contributed by atoms with Crippen molar-refractivity contribution in [1.29, 1.82) is 0 Å². The van der Waals surface area contributed by atoms with E-state index in [9.17, 15) is 8.42 Å². The van der Waals surface area contributed by atoms with Crippen molar-refractivity contribution in [3.05, 3.63) is 35.4 Å². The number of sulfone groups is 1. The Morgan fingerprint density at radius 1 is 1.32 bits per heavy atom. The lowest BCUT2D eigenvalue weighted by atomic mass is 10.0. The third-order valence-electron chi connectivity index (χ3n) is 3.45. The third kappa shape index (κ3) is 4.51. The summed E-state index contributed by atoms with van der Waals surface area (Å²) in [6.45, 7) is 3.69. The molecule has 0 bridgehead atoms. The second-order valence-corrected chi connectivity index (χ2v) is 8.58. The molecule has 106 valence electrons. The van der Waals surface area contributed by atoms with E-state index in [-0.39, 0.29) is 5.75 Å². The molecule has 0 saturated carbocycles. The van der Waals surface area contributed by atoms with Crippen LogP contribution in [0, 0.1) is 6.92 Å². The molecule has 2 rings (SSSR count). The third-order valence-corrected chi connectivity index (χ3v) is 5.40. The molecule has 0 aliphatic carbocycles. The highest BCUT2D eigenvalue weighted by molar-refractivity contribution is 7.99. The van der Waals surface area contributed by atoms with E-state index in [1.54, 1.807) is 0 Å². The summed E-state index contributed by atoms with van der Waals surface area (Å²) in [5.74, 6) is 2.39. The molecule has 1 aliphatic heterocycles. The SMILES string of the molecule is Cc1ccc([C@H]2CSCCN2CCS(C)(=O)=O)cc1. The maximum atomic E-state index is 11.3. The topological polar surface area (TPSA) is 37.4 Å². The lowest BCUT2D eigenvalue weighted by molar-refractivity contribution is 0.234. The lowest BCUT2D eigenvalue weighted by Gasteiger charge is -2.35. The molecular formula is C14H21NO2S2. The van der Waals surface area contributed by atoms with Crippen molar-refractivity contribution in [2.24, 2.45) is 0 Å². The van der Waals surface area contributed by atoms with Crippen molar-refractivity contribution in [3.63, 3.8) is 0 Å². The molecule has 0 aromatic heterocycles. The quantitative estimate of drug-likeness (QED) is 0.853. The Kier molecular flexibility index (Phi) is 4.92. The fourth-order valence-electron chi connectivity index (χ4n) is 2.28. The molecule has 1 aliphatic rings. The minimum atomic E-state index is -2.88. The average Bonchev–Trinajstić information content (AvgIpc) is 2.37. The van der Waals surface area contributed by atoms with E-state index in [0.29, 0.717) is 12.6 Å². The summed E-state index contributed by atoms with van der Waals surface area (Å²) in [5.41, 5.74) is 2.56. The first-order chi connectivity index (χ1) is 8.96. The van der Waals surface area contributed by atoms with Crippen molar-refractivity contribution in [2.75, 3.05) is 36.6 Å².